The van der Waals surface area contributed by atoms with Crippen LogP contribution in [-0.4, -0.2) is 39.7 Å². The van der Waals surface area contributed by atoms with E-state index in [0.29, 0.717) is 34.2 Å². The van der Waals surface area contributed by atoms with Gasteiger partial charge in [-0.15, -0.1) is 0 Å². The highest BCUT2D eigenvalue weighted by Gasteiger charge is 2.23. The Morgan fingerprint density at radius 1 is 0.900 bits per heavy atom. The maximum atomic E-state index is 13.6. The van der Waals surface area contributed by atoms with Crippen molar-refractivity contribution in [1.82, 2.24) is 4.57 Å². The minimum absolute atomic E-state index is 0.00905. The Morgan fingerprint density at radius 3 is 2.30 bits per heavy atom. The summed E-state index contributed by atoms with van der Waals surface area (Å²) in [6.07, 6.45) is 2.54. The number of nitrogens with one attached hydrogen (secondary N) is 1. The number of carbonyl (C=O) groups excluding carboxylic acids is 2. The minimum Gasteiger partial charge on any atom is -0.480 e. The molecule has 1 aromatic heterocycles. The number of nitrogens with zero attached hydrogens (tertiary/aromatic N) is 2. The number of ketones is 1. The first-order valence-corrected chi connectivity index (χ1v) is 12.8. The maximum absolute atomic E-state index is 13.6. The summed E-state index contributed by atoms with van der Waals surface area (Å²) in [6, 6.07) is 25.4. The van der Waals surface area contributed by atoms with Crippen LogP contribution in [0.1, 0.15) is 38.3 Å². The molecule has 0 aliphatic carbocycles. The van der Waals surface area contributed by atoms with Crippen molar-refractivity contribution in [2.45, 2.75) is 12.8 Å². The van der Waals surface area contributed by atoms with Gasteiger partial charge < -0.3 is 15.4 Å². The van der Waals surface area contributed by atoms with E-state index in [1.807, 2.05) is 54.1 Å². The number of carboxylic acids is 1. The number of anilines is 1. The van der Waals surface area contributed by atoms with E-state index >= 15 is 0 Å². The van der Waals surface area contributed by atoms with Gasteiger partial charge in [-0.25, -0.2) is 0 Å². The molecular formula is C32H28N4O4. The lowest BCUT2D eigenvalue weighted by atomic mass is 10.0. The zero-order valence-corrected chi connectivity index (χ0v) is 21.9. The second kappa shape index (κ2) is 10.9. The molecule has 8 nitrogen and oxygen atoms in total. The molecule has 8 heteroatoms. The van der Waals surface area contributed by atoms with E-state index in [4.69, 9.17) is 11.1 Å². The highest BCUT2D eigenvalue weighted by molar-refractivity contribution is 6.12. The molecule has 5 aromatic rings. The second-order valence-corrected chi connectivity index (χ2v) is 9.74. The molecule has 200 valence electrons. The van der Waals surface area contributed by atoms with Gasteiger partial charge in [0.15, 0.2) is 5.78 Å². The number of carbonyl (C=O) groups is 3. The molecule has 40 heavy (non-hydrogen) atoms. The van der Waals surface area contributed by atoms with Crippen molar-refractivity contribution in [3.63, 3.8) is 0 Å². The number of rotatable bonds is 9. The van der Waals surface area contributed by atoms with Crippen molar-refractivity contribution in [2.75, 3.05) is 11.4 Å². The number of nitrogen functional groups attached to an aromatic ring is 1. The fourth-order valence-electron chi connectivity index (χ4n) is 4.91. The monoisotopic (exact) mass is 532 g/mol. The predicted octanol–water partition coefficient (Wildman–Crippen LogP) is 5.16. The molecule has 0 aliphatic rings. The third kappa shape index (κ3) is 5.33. The lowest BCUT2D eigenvalue weighted by Gasteiger charge is -2.21. The van der Waals surface area contributed by atoms with Crippen molar-refractivity contribution in [2.24, 2.45) is 12.8 Å². The third-order valence-electron chi connectivity index (χ3n) is 7.03. The number of carboxylic acid groups (broad SMARTS) is 1. The fraction of sp³-hybridized carbons (Fsp3) is 0.125. The molecule has 0 unspecified atom stereocenters. The van der Waals surface area contributed by atoms with Gasteiger partial charge in [-0.2, -0.15) is 0 Å². The van der Waals surface area contributed by atoms with Crippen molar-refractivity contribution in [3.8, 4) is 0 Å². The summed E-state index contributed by atoms with van der Waals surface area (Å²) in [6.45, 7) is -0.524. The normalized spacial score (nSPS) is 11.0. The Morgan fingerprint density at radius 2 is 1.60 bits per heavy atom. The average Bonchev–Trinajstić information content (AvgIpc) is 3.29. The summed E-state index contributed by atoms with van der Waals surface area (Å²) < 4.78 is 1.85. The van der Waals surface area contributed by atoms with E-state index in [0.717, 1.165) is 21.9 Å². The number of fused-ring (bicyclic) bond motifs is 2. The van der Waals surface area contributed by atoms with Gasteiger partial charge in [-0.1, -0.05) is 54.6 Å². The van der Waals surface area contributed by atoms with Crippen LogP contribution in [-0.2, 0) is 18.3 Å². The average molecular weight is 533 g/mol. The number of benzene rings is 4. The van der Waals surface area contributed by atoms with Crippen LogP contribution < -0.4 is 10.6 Å². The van der Waals surface area contributed by atoms with Crippen LogP contribution in [0, 0.1) is 5.41 Å². The molecule has 1 amide bonds. The number of nitrogens with two attached hydrogens (primary N) is 1. The summed E-state index contributed by atoms with van der Waals surface area (Å²) in [5.41, 5.74) is 9.17. The van der Waals surface area contributed by atoms with Crippen LogP contribution in [0.25, 0.3) is 21.7 Å². The Labute approximate surface area is 230 Å². The Hall–Kier alpha value is -5.24. The second-order valence-electron chi connectivity index (χ2n) is 9.74. The molecule has 0 fully saturated rings. The first-order chi connectivity index (χ1) is 19.2. The molecule has 0 spiro atoms. The molecule has 0 radical (unpaired) electrons. The zero-order valence-electron chi connectivity index (χ0n) is 21.9. The van der Waals surface area contributed by atoms with Crippen LogP contribution in [0.15, 0.2) is 91.1 Å². The number of hydrogen-bond acceptors (Lipinski definition) is 4. The molecule has 0 aliphatic heterocycles. The van der Waals surface area contributed by atoms with E-state index in [1.165, 1.54) is 4.90 Å². The van der Waals surface area contributed by atoms with E-state index in [-0.39, 0.29) is 18.0 Å². The smallest absolute Gasteiger partial charge is 0.323 e. The van der Waals surface area contributed by atoms with Gasteiger partial charge in [0.05, 0.1) is 0 Å². The molecule has 4 aromatic carbocycles. The van der Waals surface area contributed by atoms with Gasteiger partial charge in [0, 0.05) is 52.9 Å². The lowest BCUT2D eigenvalue weighted by Crippen LogP contribution is -2.35. The molecule has 0 bridgehead atoms. The van der Waals surface area contributed by atoms with Gasteiger partial charge >= 0.3 is 5.97 Å². The number of Topliss-reactive ketones (excluding diaryl/α,β-unsaturated/α-hetero) is 1. The molecule has 0 saturated heterocycles. The molecule has 0 atom stereocenters. The van der Waals surface area contributed by atoms with Crippen LogP contribution in [0.4, 0.5) is 5.69 Å². The van der Waals surface area contributed by atoms with Crippen LogP contribution in [0.3, 0.4) is 0 Å². The van der Waals surface area contributed by atoms with E-state index in [2.05, 4.69) is 0 Å². The number of amidine groups is 1. The Bertz CT molecular complexity index is 1790. The molecule has 4 N–H and O–H groups in total. The number of aliphatic carboxylic acids is 1. The highest BCUT2D eigenvalue weighted by Crippen LogP contribution is 2.29. The van der Waals surface area contributed by atoms with Gasteiger partial charge in [0.25, 0.3) is 5.91 Å². The van der Waals surface area contributed by atoms with E-state index < -0.39 is 18.4 Å². The topological polar surface area (TPSA) is 129 Å². The van der Waals surface area contributed by atoms with Crippen LogP contribution in [0.5, 0.6) is 0 Å². The number of aryl methyl sites for hydroxylation is 2. The molecule has 0 saturated carbocycles. The first kappa shape index (κ1) is 26.4. The summed E-state index contributed by atoms with van der Waals surface area (Å²) in [4.78, 5) is 39.9. The number of hydrogen-bond donors (Lipinski definition) is 3. The summed E-state index contributed by atoms with van der Waals surface area (Å²) in [5, 5.41) is 19.7. The predicted molar refractivity (Wildman–Crippen MR) is 156 cm³/mol. The Balaban J connectivity index is 1.45. The SMILES string of the molecule is Cn1cc(C(=O)CCc2ccc(C(=N)N)cc2)c2cc(N(CC(=O)O)C(=O)c3ccc4ccccc4c3)ccc21. The van der Waals surface area contributed by atoms with Gasteiger partial charge in [0.2, 0.25) is 0 Å². The fourth-order valence-corrected chi connectivity index (χ4v) is 4.91. The molecule has 5 rings (SSSR count). The summed E-state index contributed by atoms with van der Waals surface area (Å²) in [7, 11) is 1.84. The Kier molecular flexibility index (Phi) is 7.16. The van der Waals surface area contributed by atoms with E-state index in [1.54, 1.807) is 48.7 Å². The summed E-state index contributed by atoms with van der Waals surface area (Å²) in [5.74, 6) is -1.66. The number of aromatic nitrogens is 1. The largest absolute Gasteiger partial charge is 0.480 e. The quantitative estimate of drug-likeness (QED) is 0.137. The maximum Gasteiger partial charge on any atom is 0.323 e. The van der Waals surface area contributed by atoms with Crippen LogP contribution >= 0.6 is 0 Å². The van der Waals surface area contributed by atoms with Crippen molar-refractivity contribution >= 4 is 50.9 Å². The zero-order chi connectivity index (χ0) is 28.4. The molecular weight excluding hydrogens is 504 g/mol. The van der Waals surface area contributed by atoms with Crippen molar-refractivity contribution in [3.05, 3.63) is 113 Å². The van der Waals surface area contributed by atoms with Gasteiger partial charge in [-0.05, 0) is 53.1 Å². The molecule has 1 heterocycles. The summed E-state index contributed by atoms with van der Waals surface area (Å²) >= 11 is 0. The lowest BCUT2D eigenvalue weighted by molar-refractivity contribution is -0.135. The minimum atomic E-state index is -1.14. The van der Waals surface area contributed by atoms with Gasteiger partial charge in [0.1, 0.15) is 12.4 Å². The third-order valence-corrected chi connectivity index (χ3v) is 7.03. The van der Waals surface area contributed by atoms with Crippen molar-refractivity contribution < 1.29 is 19.5 Å². The highest BCUT2D eigenvalue weighted by atomic mass is 16.4. The number of amides is 1. The van der Waals surface area contributed by atoms with Crippen LogP contribution in [0.2, 0.25) is 0 Å². The standard InChI is InChI=1S/C32H28N4O4/c1-35-18-27(29(37)15-8-20-6-9-22(10-7-20)31(33)34)26-17-25(13-14-28(26)35)36(19-30(38)39)32(40)24-12-11-21-4-2-3-5-23(21)16-24/h2-7,9-14,16-18H,8,15,19H2,1H3,(H3,33,34)(H,38,39). The first-order valence-electron chi connectivity index (χ1n) is 12.8. The van der Waals surface area contributed by atoms with Gasteiger partial charge in [-0.3, -0.25) is 24.7 Å². The van der Waals surface area contributed by atoms with E-state index in [9.17, 15) is 19.5 Å². The van der Waals surface area contributed by atoms with Crippen molar-refractivity contribution in [1.29, 1.82) is 5.41 Å².